The fraction of sp³-hybridized carbons (Fsp3) is 0.571. The van der Waals surface area contributed by atoms with E-state index in [0.29, 0.717) is 18.3 Å². The molecule has 1 unspecified atom stereocenters. The predicted molar refractivity (Wildman–Crippen MR) is 76.3 cm³/mol. The number of nitro benzene ring substituents is 1. The van der Waals surface area contributed by atoms with Gasteiger partial charge in [0.2, 0.25) is 0 Å². The molecule has 20 heavy (non-hydrogen) atoms. The molecule has 0 bridgehead atoms. The van der Waals surface area contributed by atoms with Crippen LogP contribution in [0.5, 0.6) is 5.75 Å². The Morgan fingerprint density at radius 2 is 2.40 bits per heavy atom. The van der Waals surface area contributed by atoms with E-state index in [4.69, 9.17) is 9.47 Å². The number of benzene rings is 1. The molecule has 0 aliphatic carbocycles. The standard InChI is InChI=1S/C14H20N2O4/c1-2-20-14-8-12(5-6-13(14)16(17)18)15-9-11-4-3-7-19-10-11/h5-6,8,11,15H,2-4,7,9-10H2,1H3. The van der Waals surface area contributed by atoms with Crippen LogP contribution in [-0.4, -0.2) is 31.3 Å². The highest BCUT2D eigenvalue weighted by atomic mass is 16.6. The molecule has 1 aliphatic heterocycles. The van der Waals surface area contributed by atoms with Crippen LogP contribution in [0, 0.1) is 16.0 Å². The number of nitrogens with one attached hydrogen (secondary N) is 1. The third-order valence-electron chi connectivity index (χ3n) is 3.31. The number of anilines is 1. The Labute approximate surface area is 118 Å². The molecular weight excluding hydrogens is 260 g/mol. The minimum Gasteiger partial charge on any atom is -0.487 e. The summed E-state index contributed by atoms with van der Waals surface area (Å²) in [5, 5.41) is 14.2. The van der Waals surface area contributed by atoms with E-state index in [9.17, 15) is 10.1 Å². The molecule has 2 rings (SSSR count). The lowest BCUT2D eigenvalue weighted by Gasteiger charge is -2.22. The van der Waals surface area contributed by atoms with E-state index in [0.717, 1.165) is 38.3 Å². The maximum Gasteiger partial charge on any atom is 0.311 e. The van der Waals surface area contributed by atoms with Crippen molar-refractivity contribution in [3.63, 3.8) is 0 Å². The topological polar surface area (TPSA) is 73.6 Å². The molecule has 1 aromatic carbocycles. The zero-order valence-corrected chi connectivity index (χ0v) is 11.6. The average molecular weight is 280 g/mol. The summed E-state index contributed by atoms with van der Waals surface area (Å²) >= 11 is 0. The van der Waals surface area contributed by atoms with Gasteiger partial charge in [0.1, 0.15) is 0 Å². The first-order chi connectivity index (χ1) is 9.70. The Morgan fingerprint density at radius 3 is 3.05 bits per heavy atom. The Kier molecular flexibility index (Phi) is 5.17. The second-order valence-corrected chi connectivity index (χ2v) is 4.84. The molecule has 0 aromatic heterocycles. The van der Waals surface area contributed by atoms with E-state index in [2.05, 4.69) is 5.32 Å². The SMILES string of the molecule is CCOc1cc(NCC2CCCOC2)ccc1[N+](=O)[O-]. The number of rotatable bonds is 6. The molecular formula is C14H20N2O4. The smallest absolute Gasteiger partial charge is 0.311 e. The summed E-state index contributed by atoms with van der Waals surface area (Å²) in [5.41, 5.74) is 0.836. The Hall–Kier alpha value is -1.82. The van der Waals surface area contributed by atoms with Crippen LogP contribution in [0.15, 0.2) is 18.2 Å². The highest BCUT2D eigenvalue weighted by molar-refractivity contribution is 5.58. The van der Waals surface area contributed by atoms with Crippen molar-refractivity contribution < 1.29 is 14.4 Å². The molecule has 1 aliphatic rings. The third kappa shape index (κ3) is 3.84. The minimum atomic E-state index is -0.427. The lowest BCUT2D eigenvalue weighted by Crippen LogP contribution is -2.24. The quantitative estimate of drug-likeness (QED) is 0.640. The Bertz CT molecular complexity index is 458. The monoisotopic (exact) mass is 280 g/mol. The van der Waals surface area contributed by atoms with Crippen molar-refractivity contribution in [3.8, 4) is 5.75 Å². The lowest BCUT2D eigenvalue weighted by atomic mass is 10.0. The molecule has 0 amide bonds. The first-order valence-corrected chi connectivity index (χ1v) is 6.93. The first kappa shape index (κ1) is 14.6. The van der Waals surface area contributed by atoms with E-state index >= 15 is 0 Å². The summed E-state index contributed by atoms with van der Waals surface area (Å²) in [7, 11) is 0. The van der Waals surface area contributed by atoms with E-state index in [1.165, 1.54) is 6.07 Å². The Balaban J connectivity index is 2.00. The largest absolute Gasteiger partial charge is 0.487 e. The summed E-state index contributed by atoms with van der Waals surface area (Å²) in [6.45, 7) is 4.65. The molecule has 6 heteroatoms. The molecule has 1 N–H and O–H groups in total. The van der Waals surface area contributed by atoms with Gasteiger partial charge in [-0.2, -0.15) is 0 Å². The number of nitrogens with zero attached hydrogens (tertiary/aromatic N) is 1. The number of nitro groups is 1. The van der Waals surface area contributed by atoms with Crippen molar-refractivity contribution >= 4 is 11.4 Å². The molecule has 0 saturated carbocycles. The summed E-state index contributed by atoms with van der Waals surface area (Å²) in [6.07, 6.45) is 2.25. The zero-order chi connectivity index (χ0) is 14.4. The molecule has 110 valence electrons. The lowest BCUT2D eigenvalue weighted by molar-refractivity contribution is -0.385. The van der Waals surface area contributed by atoms with Crippen molar-refractivity contribution in [2.45, 2.75) is 19.8 Å². The van der Waals surface area contributed by atoms with Gasteiger partial charge in [-0.15, -0.1) is 0 Å². The highest BCUT2D eigenvalue weighted by Crippen LogP contribution is 2.30. The van der Waals surface area contributed by atoms with Gasteiger partial charge in [0.15, 0.2) is 5.75 Å². The van der Waals surface area contributed by atoms with Crippen LogP contribution in [0.25, 0.3) is 0 Å². The van der Waals surface area contributed by atoms with Gasteiger partial charge in [-0.05, 0) is 31.7 Å². The molecule has 1 atom stereocenters. The fourth-order valence-corrected chi connectivity index (χ4v) is 2.28. The van der Waals surface area contributed by atoms with Gasteiger partial charge in [-0.3, -0.25) is 10.1 Å². The second kappa shape index (κ2) is 7.09. The summed E-state index contributed by atoms with van der Waals surface area (Å²) < 4.78 is 10.8. The highest BCUT2D eigenvalue weighted by Gasteiger charge is 2.17. The van der Waals surface area contributed by atoms with Gasteiger partial charge in [0.25, 0.3) is 0 Å². The zero-order valence-electron chi connectivity index (χ0n) is 11.6. The van der Waals surface area contributed by atoms with Gasteiger partial charge in [-0.25, -0.2) is 0 Å². The molecule has 0 spiro atoms. The maximum absolute atomic E-state index is 10.9. The van der Waals surface area contributed by atoms with Gasteiger partial charge < -0.3 is 14.8 Å². The fourth-order valence-electron chi connectivity index (χ4n) is 2.28. The van der Waals surface area contributed by atoms with Gasteiger partial charge in [0.05, 0.1) is 18.1 Å². The van der Waals surface area contributed by atoms with Crippen molar-refractivity contribution in [2.75, 3.05) is 31.7 Å². The minimum absolute atomic E-state index is 0.00148. The van der Waals surface area contributed by atoms with E-state index in [-0.39, 0.29) is 5.69 Å². The van der Waals surface area contributed by atoms with Crippen molar-refractivity contribution in [3.05, 3.63) is 28.3 Å². The second-order valence-electron chi connectivity index (χ2n) is 4.84. The molecule has 1 heterocycles. The van der Waals surface area contributed by atoms with Crippen LogP contribution in [0.2, 0.25) is 0 Å². The van der Waals surface area contributed by atoms with E-state index in [1.807, 2.05) is 6.92 Å². The van der Waals surface area contributed by atoms with Crippen LogP contribution in [0.3, 0.4) is 0 Å². The van der Waals surface area contributed by atoms with Crippen LogP contribution < -0.4 is 10.1 Å². The van der Waals surface area contributed by atoms with Gasteiger partial charge in [-0.1, -0.05) is 0 Å². The van der Waals surface area contributed by atoms with Gasteiger partial charge >= 0.3 is 5.69 Å². The van der Waals surface area contributed by atoms with Crippen LogP contribution >= 0.6 is 0 Å². The molecule has 6 nitrogen and oxygen atoms in total. The van der Waals surface area contributed by atoms with Gasteiger partial charge in [0, 0.05) is 31.0 Å². The molecule has 1 saturated heterocycles. The van der Waals surface area contributed by atoms with Crippen molar-refractivity contribution in [1.29, 1.82) is 0 Å². The number of hydrogen-bond donors (Lipinski definition) is 1. The average Bonchev–Trinajstić information content (AvgIpc) is 2.46. The predicted octanol–water partition coefficient (Wildman–Crippen LogP) is 2.83. The van der Waals surface area contributed by atoms with Crippen molar-refractivity contribution in [1.82, 2.24) is 0 Å². The summed E-state index contributed by atoms with van der Waals surface area (Å²) in [5.74, 6) is 0.803. The molecule has 0 radical (unpaired) electrons. The van der Waals surface area contributed by atoms with Crippen molar-refractivity contribution in [2.24, 2.45) is 5.92 Å². The molecule has 1 fully saturated rings. The third-order valence-corrected chi connectivity index (χ3v) is 3.31. The van der Waals surface area contributed by atoms with Crippen LogP contribution in [-0.2, 0) is 4.74 Å². The van der Waals surface area contributed by atoms with E-state index in [1.54, 1.807) is 12.1 Å². The summed E-state index contributed by atoms with van der Waals surface area (Å²) in [4.78, 5) is 10.5. The van der Waals surface area contributed by atoms with Crippen LogP contribution in [0.1, 0.15) is 19.8 Å². The number of hydrogen-bond acceptors (Lipinski definition) is 5. The van der Waals surface area contributed by atoms with Crippen LogP contribution in [0.4, 0.5) is 11.4 Å². The number of ether oxygens (including phenoxy) is 2. The normalized spacial score (nSPS) is 18.6. The van der Waals surface area contributed by atoms with E-state index < -0.39 is 4.92 Å². The summed E-state index contributed by atoms with van der Waals surface area (Å²) in [6, 6.07) is 4.88. The molecule has 1 aromatic rings. The maximum atomic E-state index is 10.9. The first-order valence-electron chi connectivity index (χ1n) is 6.93. The Morgan fingerprint density at radius 1 is 1.55 bits per heavy atom.